The summed E-state index contributed by atoms with van der Waals surface area (Å²) in [4.78, 5) is 23.5. The van der Waals surface area contributed by atoms with Gasteiger partial charge in [-0.2, -0.15) is 0 Å². The fourth-order valence-electron chi connectivity index (χ4n) is 4.88. The van der Waals surface area contributed by atoms with Crippen LogP contribution in [0.5, 0.6) is 0 Å². The van der Waals surface area contributed by atoms with Crippen LogP contribution >= 0.6 is 23.2 Å². The number of carbonyl (C=O) groups excluding carboxylic acids is 1. The van der Waals surface area contributed by atoms with Crippen LogP contribution in [0, 0.1) is 22.2 Å². The van der Waals surface area contributed by atoms with Gasteiger partial charge in [-0.15, -0.1) is 23.2 Å². The van der Waals surface area contributed by atoms with E-state index in [0.717, 1.165) is 19.3 Å². The molecule has 21 heavy (non-hydrogen) atoms. The molecule has 2 aliphatic carbocycles. The Hall–Kier alpha value is -0.280. The standard InChI is InChI=1S/C16H24Cl2O3/c1-10(19)6-9-15-11(12(20)21)13(2,3)7-5-8-14(15,4)16(15,17)18/h11H,5-9H2,1-4H3,(H,20,21)/t11-,14-,15+/m1/s1. The summed E-state index contributed by atoms with van der Waals surface area (Å²) < 4.78 is -1.07. The van der Waals surface area contributed by atoms with Crippen LogP contribution in [-0.2, 0) is 9.59 Å². The van der Waals surface area contributed by atoms with E-state index in [0.29, 0.717) is 12.8 Å². The Kier molecular flexibility index (Phi) is 3.95. The molecule has 0 amide bonds. The van der Waals surface area contributed by atoms with Crippen molar-refractivity contribution in [2.45, 2.75) is 64.1 Å². The average molecular weight is 335 g/mol. The Morgan fingerprint density at radius 2 is 1.76 bits per heavy atom. The predicted octanol–water partition coefficient (Wildman–Crippen LogP) is 4.45. The Labute approximate surface area is 136 Å². The molecule has 120 valence electrons. The van der Waals surface area contributed by atoms with Crippen molar-refractivity contribution in [3.8, 4) is 0 Å². The van der Waals surface area contributed by atoms with Gasteiger partial charge in [0.05, 0.1) is 5.92 Å². The molecule has 3 nitrogen and oxygen atoms in total. The Morgan fingerprint density at radius 3 is 2.24 bits per heavy atom. The molecule has 1 N–H and O–H groups in total. The first-order valence-electron chi connectivity index (χ1n) is 7.54. The number of carboxylic acid groups (broad SMARTS) is 1. The molecule has 0 aromatic heterocycles. The van der Waals surface area contributed by atoms with E-state index in [2.05, 4.69) is 0 Å². The fourth-order valence-corrected chi connectivity index (χ4v) is 6.13. The van der Waals surface area contributed by atoms with Crippen molar-refractivity contribution in [3.63, 3.8) is 0 Å². The molecular formula is C16H24Cl2O3. The number of aliphatic carboxylic acids is 1. The number of ketones is 1. The SMILES string of the molecule is CC(=O)CC[C@]12[C@H](C(=O)O)C(C)(C)CCC[C@@]1(C)C2(Cl)Cl. The second-order valence-electron chi connectivity index (χ2n) is 7.69. The monoisotopic (exact) mass is 334 g/mol. The molecule has 2 aliphatic rings. The van der Waals surface area contributed by atoms with Crippen molar-refractivity contribution in [1.82, 2.24) is 0 Å². The smallest absolute Gasteiger partial charge is 0.307 e. The van der Waals surface area contributed by atoms with Gasteiger partial charge in [-0.1, -0.05) is 27.2 Å². The van der Waals surface area contributed by atoms with Crippen LogP contribution in [-0.4, -0.2) is 21.2 Å². The fraction of sp³-hybridized carbons (Fsp3) is 0.875. The van der Waals surface area contributed by atoms with Gasteiger partial charge in [0.1, 0.15) is 10.1 Å². The summed E-state index contributed by atoms with van der Waals surface area (Å²) in [6.07, 6.45) is 3.34. The third kappa shape index (κ3) is 2.07. The summed E-state index contributed by atoms with van der Waals surface area (Å²) in [7, 11) is 0. The number of fused-ring (bicyclic) bond motifs is 1. The number of halogens is 2. The van der Waals surface area contributed by atoms with Gasteiger partial charge in [0.2, 0.25) is 0 Å². The highest BCUT2D eigenvalue weighted by Crippen LogP contribution is 2.86. The van der Waals surface area contributed by atoms with Gasteiger partial charge in [0.15, 0.2) is 0 Å². The van der Waals surface area contributed by atoms with Crippen molar-refractivity contribution in [2.75, 3.05) is 0 Å². The minimum atomic E-state index is -1.07. The van der Waals surface area contributed by atoms with E-state index in [9.17, 15) is 14.7 Å². The van der Waals surface area contributed by atoms with E-state index in [1.807, 2.05) is 20.8 Å². The van der Waals surface area contributed by atoms with E-state index < -0.39 is 27.1 Å². The van der Waals surface area contributed by atoms with Gasteiger partial charge in [-0.05, 0) is 31.6 Å². The molecule has 0 aromatic carbocycles. The van der Waals surface area contributed by atoms with Gasteiger partial charge in [-0.3, -0.25) is 4.79 Å². The first kappa shape index (κ1) is 17.1. The average Bonchev–Trinajstić information content (AvgIpc) is 2.70. The van der Waals surface area contributed by atoms with Gasteiger partial charge in [-0.25, -0.2) is 0 Å². The zero-order valence-electron chi connectivity index (χ0n) is 13.1. The van der Waals surface area contributed by atoms with Crippen LogP contribution in [0.1, 0.15) is 59.8 Å². The zero-order chi connectivity index (χ0) is 16.3. The number of hydrogen-bond acceptors (Lipinski definition) is 2. The van der Waals surface area contributed by atoms with Crippen LogP contribution in [0.2, 0.25) is 0 Å². The van der Waals surface area contributed by atoms with Crippen LogP contribution in [0.15, 0.2) is 0 Å². The van der Waals surface area contributed by atoms with Crippen molar-refractivity contribution >= 4 is 35.0 Å². The summed E-state index contributed by atoms with van der Waals surface area (Å²) >= 11 is 13.2. The van der Waals surface area contributed by atoms with Crippen LogP contribution in [0.3, 0.4) is 0 Å². The summed E-state index contributed by atoms with van der Waals surface area (Å²) in [6, 6.07) is 0. The van der Waals surface area contributed by atoms with Crippen LogP contribution in [0.4, 0.5) is 0 Å². The number of Topliss-reactive ketones (excluding diaryl/α,β-unsaturated/α-hetero) is 1. The molecule has 2 rings (SSSR count). The Bertz CT molecular complexity index is 486. The normalized spacial score (nSPS) is 40.0. The van der Waals surface area contributed by atoms with Crippen LogP contribution < -0.4 is 0 Å². The molecule has 0 heterocycles. The molecule has 0 unspecified atom stereocenters. The summed E-state index contributed by atoms with van der Waals surface area (Å²) in [5.74, 6) is -1.43. The van der Waals surface area contributed by atoms with Crippen molar-refractivity contribution < 1.29 is 14.7 Å². The second-order valence-corrected chi connectivity index (χ2v) is 9.02. The molecule has 0 aromatic rings. The summed E-state index contributed by atoms with van der Waals surface area (Å²) in [5, 5.41) is 9.87. The topological polar surface area (TPSA) is 54.4 Å². The minimum absolute atomic E-state index is 0.0500. The third-order valence-corrected chi connectivity index (χ3v) is 7.57. The molecule has 0 aliphatic heterocycles. The number of carbonyl (C=O) groups is 2. The highest BCUT2D eigenvalue weighted by Gasteiger charge is 2.87. The number of alkyl halides is 2. The quantitative estimate of drug-likeness (QED) is 0.773. The molecule has 0 saturated heterocycles. The van der Waals surface area contributed by atoms with Gasteiger partial charge < -0.3 is 9.90 Å². The Balaban J connectivity index is 2.54. The molecule has 5 heteroatoms. The lowest BCUT2D eigenvalue weighted by Crippen LogP contribution is -2.41. The lowest BCUT2D eigenvalue weighted by atomic mass is 9.66. The molecule has 0 bridgehead atoms. The maximum Gasteiger partial charge on any atom is 0.307 e. The maximum absolute atomic E-state index is 12.0. The van der Waals surface area contributed by atoms with E-state index in [-0.39, 0.29) is 11.2 Å². The van der Waals surface area contributed by atoms with Crippen molar-refractivity contribution in [1.29, 1.82) is 0 Å². The van der Waals surface area contributed by atoms with Gasteiger partial charge in [0, 0.05) is 17.3 Å². The highest BCUT2D eigenvalue weighted by atomic mass is 35.5. The number of hydrogen-bond donors (Lipinski definition) is 1. The molecule has 2 fully saturated rings. The van der Waals surface area contributed by atoms with E-state index >= 15 is 0 Å². The van der Waals surface area contributed by atoms with E-state index in [1.165, 1.54) is 6.92 Å². The molecule has 3 atom stereocenters. The maximum atomic E-state index is 12.0. The lowest BCUT2D eigenvalue weighted by molar-refractivity contribution is -0.151. The van der Waals surface area contributed by atoms with Crippen LogP contribution in [0.25, 0.3) is 0 Å². The first-order chi connectivity index (χ1) is 9.44. The predicted molar refractivity (Wildman–Crippen MR) is 83.6 cm³/mol. The second kappa shape index (κ2) is 4.86. The molecular weight excluding hydrogens is 311 g/mol. The number of carboxylic acids is 1. The van der Waals surface area contributed by atoms with Gasteiger partial charge in [0.25, 0.3) is 0 Å². The third-order valence-electron chi connectivity index (χ3n) is 6.07. The molecule has 0 radical (unpaired) electrons. The molecule has 0 spiro atoms. The largest absolute Gasteiger partial charge is 0.481 e. The zero-order valence-corrected chi connectivity index (χ0v) is 14.6. The lowest BCUT2D eigenvalue weighted by Gasteiger charge is -2.38. The first-order valence-corrected chi connectivity index (χ1v) is 8.30. The van der Waals surface area contributed by atoms with Crippen molar-refractivity contribution in [2.24, 2.45) is 22.2 Å². The minimum Gasteiger partial charge on any atom is -0.481 e. The Morgan fingerprint density at radius 1 is 1.19 bits per heavy atom. The number of rotatable bonds is 4. The highest BCUT2D eigenvalue weighted by molar-refractivity contribution is 6.52. The van der Waals surface area contributed by atoms with E-state index in [1.54, 1.807) is 0 Å². The van der Waals surface area contributed by atoms with Crippen molar-refractivity contribution in [3.05, 3.63) is 0 Å². The summed E-state index contributed by atoms with van der Waals surface area (Å²) in [6.45, 7) is 7.48. The van der Waals surface area contributed by atoms with E-state index in [4.69, 9.17) is 23.2 Å². The van der Waals surface area contributed by atoms with Gasteiger partial charge >= 0.3 is 5.97 Å². The molecule has 2 saturated carbocycles. The summed E-state index contributed by atoms with van der Waals surface area (Å²) in [5.41, 5.74) is -1.54.